The molecule has 3 atom stereocenters. The highest BCUT2D eigenvalue weighted by Gasteiger charge is 2.43. The third-order valence-corrected chi connectivity index (χ3v) is 7.10. The minimum absolute atomic E-state index is 0.269. The first-order valence-electron chi connectivity index (χ1n) is 10.2. The van der Waals surface area contributed by atoms with Gasteiger partial charge in [0.25, 0.3) is 10.1 Å². The molecule has 0 amide bonds. The molecule has 0 bridgehead atoms. The average Bonchev–Trinajstić information content (AvgIpc) is 2.56. The van der Waals surface area contributed by atoms with Crippen molar-refractivity contribution in [1.82, 2.24) is 5.48 Å². The van der Waals surface area contributed by atoms with E-state index in [2.05, 4.69) is 51.3 Å². The smallest absolute Gasteiger partial charge is 0.280 e. The van der Waals surface area contributed by atoms with Crippen LogP contribution in [0.5, 0.6) is 0 Å². The van der Waals surface area contributed by atoms with Gasteiger partial charge in [0.15, 0.2) is 0 Å². The molecule has 3 unspecified atom stereocenters. The number of nitrogens with one attached hydrogen (secondary N) is 1. The van der Waals surface area contributed by atoms with E-state index < -0.39 is 10.1 Å². The summed E-state index contributed by atoms with van der Waals surface area (Å²) in [6.45, 7) is 15.2. The number of ether oxygens (including phenoxy) is 1. The highest BCUT2D eigenvalue weighted by Crippen LogP contribution is 2.49. The molecule has 1 rings (SSSR count). The van der Waals surface area contributed by atoms with Crippen molar-refractivity contribution in [3.05, 3.63) is 0 Å². The van der Waals surface area contributed by atoms with Crippen molar-refractivity contribution < 1.29 is 17.4 Å². The third-order valence-electron chi connectivity index (χ3n) is 6.68. The predicted molar refractivity (Wildman–Crippen MR) is 107 cm³/mol. The lowest BCUT2D eigenvalue weighted by molar-refractivity contribution is -0.0808. The van der Waals surface area contributed by atoms with Crippen LogP contribution in [0.4, 0.5) is 0 Å². The highest BCUT2D eigenvalue weighted by atomic mass is 32.2. The Hall–Kier alpha value is -0.170. The van der Waals surface area contributed by atoms with Crippen molar-refractivity contribution in [1.29, 1.82) is 0 Å². The first-order valence-corrected chi connectivity index (χ1v) is 12.0. The van der Waals surface area contributed by atoms with Crippen LogP contribution in [0.25, 0.3) is 0 Å². The lowest BCUT2D eigenvalue weighted by Crippen LogP contribution is -2.43. The molecule has 0 aromatic rings. The molecule has 1 N–H and O–H groups in total. The quantitative estimate of drug-likeness (QED) is 0.414. The molecule has 0 radical (unpaired) electrons. The molecule has 0 aliphatic heterocycles. The lowest BCUT2D eigenvalue weighted by atomic mass is 9.60. The largest absolute Gasteiger partial charge is 0.378 e. The van der Waals surface area contributed by atoms with E-state index in [1.165, 1.54) is 19.3 Å². The van der Waals surface area contributed by atoms with Gasteiger partial charge in [-0.15, -0.1) is 0 Å². The molecule has 26 heavy (non-hydrogen) atoms. The van der Waals surface area contributed by atoms with Gasteiger partial charge in [0.2, 0.25) is 0 Å². The van der Waals surface area contributed by atoms with E-state index in [-0.39, 0.29) is 5.41 Å². The molecule has 5 nitrogen and oxygen atoms in total. The molecule has 1 aliphatic carbocycles. The molecular formula is C20H41NO4S. The minimum atomic E-state index is -3.44. The minimum Gasteiger partial charge on any atom is -0.378 e. The van der Waals surface area contributed by atoms with E-state index >= 15 is 0 Å². The van der Waals surface area contributed by atoms with E-state index in [9.17, 15) is 8.42 Å². The van der Waals surface area contributed by atoms with Gasteiger partial charge in [0.05, 0.1) is 12.4 Å². The zero-order valence-corrected chi connectivity index (χ0v) is 18.7. The summed E-state index contributed by atoms with van der Waals surface area (Å²) in [7, 11) is -3.44. The fourth-order valence-electron chi connectivity index (χ4n) is 3.95. The maximum Gasteiger partial charge on any atom is 0.280 e. The molecule has 0 spiro atoms. The summed E-state index contributed by atoms with van der Waals surface area (Å²) in [6, 6.07) is 0. The molecule has 0 aromatic heterocycles. The molecule has 1 aliphatic rings. The Morgan fingerprint density at radius 2 is 1.65 bits per heavy atom. The van der Waals surface area contributed by atoms with Crippen LogP contribution in [-0.4, -0.2) is 33.9 Å². The molecule has 1 saturated carbocycles. The zero-order valence-electron chi connectivity index (χ0n) is 17.9. The molecule has 6 heteroatoms. The predicted octanol–water partition coefficient (Wildman–Crippen LogP) is 4.53. The second-order valence-corrected chi connectivity index (χ2v) is 10.8. The standard InChI is InChI=1S/C20H41NO4S/c1-8-19(3,4)16-11-12-18(17(15-16)20(5,6)9-2)24-14-10-13-21-25-26(7,22)23/h16-18,21H,8-15H2,1-7H3. The fourth-order valence-corrected chi connectivity index (χ4v) is 4.25. The zero-order chi connectivity index (χ0) is 20.0. The average molecular weight is 392 g/mol. The summed E-state index contributed by atoms with van der Waals surface area (Å²) in [5.74, 6) is 1.32. The third kappa shape index (κ3) is 7.45. The Labute approximate surface area is 161 Å². The molecule has 0 heterocycles. The first-order chi connectivity index (χ1) is 11.9. The Balaban J connectivity index is 2.58. The van der Waals surface area contributed by atoms with Crippen LogP contribution >= 0.6 is 0 Å². The molecule has 0 saturated heterocycles. The monoisotopic (exact) mass is 391 g/mol. The van der Waals surface area contributed by atoms with Gasteiger partial charge < -0.3 is 4.74 Å². The van der Waals surface area contributed by atoms with Gasteiger partial charge in [-0.05, 0) is 48.3 Å². The van der Waals surface area contributed by atoms with Gasteiger partial charge in [-0.25, -0.2) is 0 Å². The SMILES string of the molecule is CCC(C)(C)C1CCC(OCCCNOS(C)(=O)=O)C(C(C)(C)CC)C1. The summed E-state index contributed by atoms with van der Waals surface area (Å²) in [5, 5.41) is 0. The highest BCUT2D eigenvalue weighted by molar-refractivity contribution is 7.85. The second-order valence-electron chi connectivity index (χ2n) is 9.25. The van der Waals surface area contributed by atoms with Gasteiger partial charge in [-0.1, -0.05) is 54.4 Å². The van der Waals surface area contributed by atoms with Gasteiger partial charge in [0.1, 0.15) is 0 Å². The fraction of sp³-hybridized carbons (Fsp3) is 1.00. The van der Waals surface area contributed by atoms with Gasteiger partial charge >= 0.3 is 0 Å². The Kier molecular flexibility index (Phi) is 9.04. The van der Waals surface area contributed by atoms with Crippen LogP contribution in [0.15, 0.2) is 0 Å². The van der Waals surface area contributed by atoms with Crippen molar-refractivity contribution in [2.75, 3.05) is 19.4 Å². The number of hydrogen-bond donors (Lipinski definition) is 1. The summed E-state index contributed by atoms with van der Waals surface area (Å²) in [6.07, 6.45) is 8.02. The summed E-state index contributed by atoms with van der Waals surface area (Å²) in [5.41, 5.74) is 3.14. The van der Waals surface area contributed by atoms with Crippen LogP contribution < -0.4 is 5.48 Å². The number of rotatable bonds is 11. The van der Waals surface area contributed by atoms with Crippen LogP contribution in [0, 0.1) is 22.7 Å². The normalized spacial score (nSPS) is 25.4. The lowest BCUT2D eigenvalue weighted by Gasteiger charge is -2.48. The topological polar surface area (TPSA) is 64.6 Å². The molecular weight excluding hydrogens is 350 g/mol. The number of hydroxylamine groups is 1. The van der Waals surface area contributed by atoms with Crippen molar-refractivity contribution in [2.45, 2.75) is 86.2 Å². The maximum absolute atomic E-state index is 10.9. The van der Waals surface area contributed by atoms with Crippen LogP contribution in [0.3, 0.4) is 0 Å². The van der Waals surface area contributed by atoms with Crippen LogP contribution in [-0.2, 0) is 19.1 Å². The Morgan fingerprint density at radius 3 is 2.19 bits per heavy atom. The molecule has 1 fully saturated rings. The van der Waals surface area contributed by atoms with Crippen molar-refractivity contribution >= 4 is 10.1 Å². The number of hydrogen-bond acceptors (Lipinski definition) is 5. The van der Waals surface area contributed by atoms with Crippen molar-refractivity contribution in [2.24, 2.45) is 22.7 Å². The van der Waals surface area contributed by atoms with Crippen molar-refractivity contribution in [3.8, 4) is 0 Å². The Morgan fingerprint density at radius 1 is 1.04 bits per heavy atom. The van der Waals surface area contributed by atoms with E-state index in [0.29, 0.717) is 30.6 Å². The second kappa shape index (κ2) is 9.85. The van der Waals surface area contributed by atoms with Gasteiger partial charge in [0, 0.05) is 13.2 Å². The maximum atomic E-state index is 10.9. The first kappa shape index (κ1) is 23.9. The van der Waals surface area contributed by atoms with E-state index in [1.807, 2.05) is 0 Å². The summed E-state index contributed by atoms with van der Waals surface area (Å²) < 4.78 is 32.6. The van der Waals surface area contributed by atoms with E-state index in [0.717, 1.165) is 31.4 Å². The van der Waals surface area contributed by atoms with E-state index in [1.54, 1.807) is 0 Å². The van der Waals surface area contributed by atoms with E-state index in [4.69, 9.17) is 4.74 Å². The molecule has 0 aromatic carbocycles. The Bertz CT molecular complexity index is 516. The summed E-state index contributed by atoms with van der Waals surface area (Å²) in [4.78, 5) is 0. The summed E-state index contributed by atoms with van der Waals surface area (Å²) >= 11 is 0. The van der Waals surface area contributed by atoms with Gasteiger partial charge in [-0.2, -0.15) is 18.2 Å². The van der Waals surface area contributed by atoms with Crippen LogP contribution in [0.2, 0.25) is 0 Å². The van der Waals surface area contributed by atoms with Crippen LogP contribution in [0.1, 0.15) is 80.1 Å². The van der Waals surface area contributed by atoms with Crippen molar-refractivity contribution in [3.63, 3.8) is 0 Å². The molecule has 156 valence electrons. The van der Waals surface area contributed by atoms with Gasteiger partial charge in [-0.3, -0.25) is 0 Å².